The monoisotopic (exact) mass is 241 g/mol. The summed E-state index contributed by atoms with van der Waals surface area (Å²) in [5.41, 5.74) is 0. The molecule has 1 rings (SSSR count). The largest absolute Gasteiger partial charge is 0.378 e. The summed E-state index contributed by atoms with van der Waals surface area (Å²) in [7, 11) is 0. The van der Waals surface area contributed by atoms with Crippen LogP contribution in [0.1, 0.15) is 65.7 Å². The Morgan fingerprint density at radius 3 is 2.76 bits per heavy atom. The summed E-state index contributed by atoms with van der Waals surface area (Å²) in [5, 5.41) is 3.44. The van der Waals surface area contributed by atoms with Gasteiger partial charge in [-0.1, -0.05) is 40.0 Å². The first-order chi connectivity index (χ1) is 8.22. The Labute approximate surface area is 108 Å². The van der Waals surface area contributed by atoms with Crippen molar-refractivity contribution in [2.45, 2.75) is 77.9 Å². The van der Waals surface area contributed by atoms with Gasteiger partial charge in [-0.15, -0.1) is 0 Å². The maximum Gasteiger partial charge on any atom is 0.0577 e. The SMILES string of the molecule is CCC1CCCC(OCCCCNC(C)C)C1. The van der Waals surface area contributed by atoms with Crippen LogP contribution in [0.2, 0.25) is 0 Å². The second kappa shape index (κ2) is 8.93. The Bertz CT molecular complexity index is 182. The van der Waals surface area contributed by atoms with Crippen LogP contribution in [0.3, 0.4) is 0 Å². The van der Waals surface area contributed by atoms with E-state index in [1.54, 1.807) is 0 Å². The van der Waals surface area contributed by atoms with Crippen molar-refractivity contribution in [3.05, 3.63) is 0 Å². The number of hydrogen-bond donors (Lipinski definition) is 1. The van der Waals surface area contributed by atoms with E-state index in [-0.39, 0.29) is 0 Å². The van der Waals surface area contributed by atoms with Crippen molar-refractivity contribution < 1.29 is 4.74 Å². The van der Waals surface area contributed by atoms with Crippen molar-refractivity contribution in [3.8, 4) is 0 Å². The van der Waals surface area contributed by atoms with Crippen LogP contribution in [-0.4, -0.2) is 25.3 Å². The van der Waals surface area contributed by atoms with Crippen LogP contribution >= 0.6 is 0 Å². The summed E-state index contributed by atoms with van der Waals surface area (Å²) >= 11 is 0. The predicted molar refractivity (Wildman–Crippen MR) is 74.4 cm³/mol. The average Bonchev–Trinajstić information content (AvgIpc) is 2.33. The fraction of sp³-hybridized carbons (Fsp3) is 1.00. The van der Waals surface area contributed by atoms with Crippen LogP contribution in [0, 0.1) is 5.92 Å². The van der Waals surface area contributed by atoms with Crippen molar-refractivity contribution in [1.29, 1.82) is 0 Å². The molecule has 0 heterocycles. The summed E-state index contributed by atoms with van der Waals surface area (Å²) in [4.78, 5) is 0. The number of nitrogens with one attached hydrogen (secondary N) is 1. The second-order valence-electron chi connectivity index (χ2n) is 5.75. The fourth-order valence-corrected chi connectivity index (χ4v) is 2.63. The molecule has 1 fully saturated rings. The van der Waals surface area contributed by atoms with Gasteiger partial charge < -0.3 is 10.1 Å². The Morgan fingerprint density at radius 2 is 2.06 bits per heavy atom. The molecule has 0 radical (unpaired) electrons. The molecule has 102 valence electrons. The average molecular weight is 241 g/mol. The molecule has 2 unspecified atom stereocenters. The highest BCUT2D eigenvalue weighted by Gasteiger charge is 2.20. The standard InChI is InChI=1S/C15H31NO/c1-4-14-8-7-9-15(12-14)17-11-6-5-10-16-13(2)3/h13-16H,4-12H2,1-3H3. The summed E-state index contributed by atoms with van der Waals surface area (Å²) in [6.07, 6.45) is 9.73. The third-order valence-electron chi connectivity index (χ3n) is 3.79. The molecule has 0 spiro atoms. The molecular weight excluding hydrogens is 210 g/mol. The zero-order chi connectivity index (χ0) is 12.5. The molecule has 1 aliphatic rings. The minimum atomic E-state index is 0.562. The van der Waals surface area contributed by atoms with Crippen LogP contribution in [0.15, 0.2) is 0 Å². The zero-order valence-corrected chi connectivity index (χ0v) is 12.0. The molecule has 2 heteroatoms. The summed E-state index contributed by atoms with van der Waals surface area (Å²) in [5.74, 6) is 0.927. The lowest BCUT2D eigenvalue weighted by Gasteiger charge is -2.28. The van der Waals surface area contributed by atoms with Gasteiger partial charge in [0.25, 0.3) is 0 Å². The number of rotatable bonds is 8. The normalized spacial score (nSPS) is 25.4. The van der Waals surface area contributed by atoms with Crippen molar-refractivity contribution >= 4 is 0 Å². The van der Waals surface area contributed by atoms with Gasteiger partial charge in [0.05, 0.1) is 6.10 Å². The number of ether oxygens (including phenoxy) is 1. The highest BCUT2D eigenvalue weighted by Crippen LogP contribution is 2.28. The molecule has 0 bridgehead atoms. The van der Waals surface area contributed by atoms with E-state index in [1.165, 1.54) is 44.9 Å². The molecule has 0 aliphatic heterocycles. The molecule has 0 aromatic rings. The van der Waals surface area contributed by atoms with Gasteiger partial charge >= 0.3 is 0 Å². The zero-order valence-electron chi connectivity index (χ0n) is 12.0. The second-order valence-corrected chi connectivity index (χ2v) is 5.75. The van der Waals surface area contributed by atoms with E-state index in [4.69, 9.17) is 4.74 Å². The molecule has 0 amide bonds. The number of hydrogen-bond acceptors (Lipinski definition) is 2. The van der Waals surface area contributed by atoms with Gasteiger partial charge in [0, 0.05) is 12.6 Å². The third-order valence-corrected chi connectivity index (χ3v) is 3.79. The fourth-order valence-electron chi connectivity index (χ4n) is 2.63. The summed E-state index contributed by atoms with van der Waals surface area (Å²) in [6, 6.07) is 0.611. The molecular formula is C15H31NO. The first-order valence-corrected chi connectivity index (χ1v) is 7.57. The van der Waals surface area contributed by atoms with Crippen molar-refractivity contribution in [2.75, 3.05) is 13.2 Å². The maximum atomic E-state index is 5.99. The quantitative estimate of drug-likeness (QED) is 0.653. The van der Waals surface area contributed by atoms with Gasteiger partial charge in [-0.2, -0.15) is 0 Å². The molecule has 17 heavy (non-hydrogen) atoms. The Morgan fingerprint density at radius 1 is 1.24 bits per heavy atom. The molecule has 1 N–H and O–H groups in total. The van der Waals surface area contributed by atoms with E-state index in [0.29, 0.717) is 12.1 Å². The van der Waals surface area contributed by atoms with Crippen LogP contribution in [-0.2, 0) is 4.74 Å². The lowest BCUT2D eigenvalue weighted by atomic mass is 9.85. The van der Waals surface area contributed by atoms with Gasteiger partial charge in [0.1, 0.15) is 0 Å². The first-order valence-electron chi connectivity index (χ1n) is 7.57. The van der Waals surface area contributed by atoms with Crippen molar-refractivity contribution in [3.63, 3.8) is 0 Å². The van der Waals surface area contributed by atoms with E-state index in [0.717, 1.165) is 19.1 Å². The first kappa shape index (κ1) is 15.0. The molecule has 0 aromatic carbocycles. The third kappa shape index (κ3) is 7.05. The molecule has 0 aromatic heterocycles. The van der Waals surface area contributed by atoms with Crippen LogP contribution in [0.4, 0.5) is 0 Å². The maximum absolute atomic E-state index is 5.99. The smallest absolute Gasteiger partial charge is 0.0577 e. The van der Waals surface area contributed by atoms with E-state index >= 15 is 0 Å². The Hall–Kier alpha value is -0.0800. The van der Waals surface area contributed by atoms with E-state index in [1.807, 2.05) is 0 Å². The minimum absolute atomic E-state index is 0.562. The van der Waals surface area contributed by atoms with Crippen LogP contribution in [0.5, 0.6) is 0 Å². The molecule has 2 nitrogen and oxygen atoms in total. The van der Waals surface area contributed by atoms with Crippen molar-refractivity contribution in [1.82, 2.24) is 5.32 Å². The number of unbranched alkanes of at least 4 members (excludes halogenated alkanes) is 1. The molecule has 1 aliphatic carbocycles. The topological polar surface area (TPSA) is 21.3 Å². The highest BCUT2D eigenvalue weighted by atomic mass is 16.5. The summed E-state index contributed by atoms with van der Waals surface area (Å²) in [6.45, 7) is 8.79. The molecule has 0 saturated heterocycles. The van der Waals surface area contributed by atoms with Crippen molar-refractivity contribution in [2.24, 2.45) is 5.92 Å². The van der Waals surface area contributed by atoms with Crippen LogP contribution < -0.4 is 5.32 Å². The molecule has 1 saturated carbocycles. The lowest BCUT2D eigenvalue weighted by Crippen LogP contribution is -2.25. The molecule has 2 atom stereocenters. The Kier molecular flexibility index (Phi) is 7.87. The Balaban J connectivity index is 1.95. The van der Waals surface area contributed by atoms with E-state index in [9.17, 15) is 0 Å². The van der Waals surface area contributed by atoms with Gasteiger partial charge in [-0.25, -0.2) is 0 Å². The van der Waals surface area contributed by atoms with Gasteiger partial charge in [0.15, 0.2) is 0 Å². The lowest BCUT2D eigenvalue weighted by molar-refractivity contribution is 0.0108. The highest BCUT2D eigenvalue weighted by molar-refractivity contribution is 4.72. The van der Waals surface area contributed by atoms with E-state index in [2.05, 4.69) is 26.1 Å². The van der Waals surface area contributed by atoms with Gasteiger partial charge in [-0.3, -0.25) is 0 Å². The van der Waals surface area contributed by atoms with E-state index < -0.39 is 0 Å². The van der Waals surface area contributed by atoms with Crippen LogP contribution in [0.25, 0.3) is 0 Å². The van der Waals surface area contributed by atoms with Gasteiger partial charge in [-0.05, 0) is 38.1 Å². The predicted octanol–water partition coefficient (Wildman–Crippen LogP) is 3.75. The minimum Gasteiger partial charge on any atom is -0.378 e. The summed E-state index contributed by atoms with van der Waals surface area (Å²) < 4.78 is 5.99. The van der Waals surface area contributed by atoms with Gasteiger partial charge in [0.2, 0.25) is 0 Å².